The van der Waals surface area contributed by atoms with Crippen molar-refractivity contribution in [3.63, 3.8) is 0 Å². The van der Waals surface area contributed by atoms with Gasteiger partial charge in [0.2, 0.25) is 11.8 Å². The van der Waals surface area contributed by atoms with Crippen LogP contribution in [0.4, 0.5) is 4.39 Å². The van der Waals surface area contributed by atoms with E-state index >= 15 is 0 Å². The van der Waals surface area contributed by atoms with Crippen LogP contribution < -0.4 is 5.73 Å². The van der Waals surface area contributed by atoms with Crippen molar-refractivity contribution >= 4 is 11.8 Å². The summed E-state index contributed by atoms with van der Waals surface area (Å²) in [6.07, 6.45) is 0.143. The quantitative estimate of drug-likeness (QED) is 0.820. The lowest BCUT2D eigenvalue weighted by Crippen LogP contribution is -2.53. The Morgan fingerprint density at radius 2 is 2.04 bits per heavy atom. The van der Waals surface area contributed by atoms with Crippen LogP contribution in [-0.2, 0) is 16.1 Å². The second-order valence-electron chi connectivity index (χ2n) is 6.57. The molecular formula is C17H22FN3O3. The highest BCUT2D eigenvalue weighted by Gasteiger charge is 2.38. The van der Waals surface area contributed by atoms with Crippen LogP contribution in [0.2, 0.25) is 0 Å². The maximum Gasteiger partial charge on any atom is 0.242 e. The molecule has 0 radical (unpaired) electrons. The third-order valence-corrected chi connectivity index (χ3v) is 4.88. The molecule has 2 aliphatic rings. The molecule has 2 amide bonds. The molecule has 1 aliphatic heterocycles. The second-order valence-corrected chi connectivity index (χ2v) is 6.57. The summed E-state index contributed by atoms with van der Waals surface area (Å²) in [7, 11) is 0. The van der Waals surface area contributed by atoms with Crippen LogP contribution in [0.15, 0.2) is 24.3 Å². The molecule has 0 unspecified atom stereocenters. The molecule has 3 rings (SSSR count). The van der Waals surface area contributed by atoms with Crippen molar-refractivity contribution in [1.82, 2.24) is 9.80 Å². The number of carbonyl (C=O) groups is 2. The maximum atomic E-state index is 13.7. The van der Waals surface area contributed by atoms with Crippen LogP contribution in [-0.4, -0.2) is 58.5 Å². The summed E-state index contributed by atoms with van der Waals surface area (Å²) in [6, 6.07) is 5.99. The van der Waals surface area contributed by atoms with Crippen LogP contribution in [0.3, 0.4) is 0 Å². The van der Waals surface area contributed by atoms with Gasteiger partial charge in [-0.2, -0.15) is 0 Å². The highest BCUT2D eigenvalue weighted by molar-refractivity contribution is 5.87. The number of halogens is 1. The van der Waals surface area contributed by atoms with E-state index in [1.165, 1.54) is 11.0 Å². The van der Waals surface area contributed by atoms with Crippen molar-refractivity contribution in [2.75, 3.05) is 19.6 Å². The predicted molar refractivity (Wildman–Crippen MR) is 85.1 cm³/mol. The van der Waals surface area contributed by atoms with E-state index in [1.807, 2.05) is 0 Å². The molecule has 130 valence electrons. The molecule has 1 saturated heterocycles. The van der Waals surface area contributed by atoms with Gasteiger partial charge in [-0.25, -0.2) is 4.39 Å². The largest absolute Gasteiger partial charge is 0.391 e. The van der Waals surface area contributed by atoms with E-state index in [0.29, 0.717) is 31.5 Å². The van der Waals surface area contributed by atoms with E-state index in [-0.39, 0.29) is 42.7 Å². The van der Waals surface area contributed by atoms with Crippen molar-refractivity contribution in [1.29, 1.82) is 0 Å². The smallest absolute Gasteiger partial charge is 0.242 e. The normalized spacial score (nSPS) is 27.6. The number of rotatable bonds is 3. The monoisotopic (exact) mass is 335 g/mol. The van der Waals surface area contributed by atoms with Gasteiger partial charge in [0, 0.05) is 37.2 Å². The first-order chi connectivity index (χ1) is 11.5. The molecule has 7 heteroatoms. The van der Waals surface area contributed by atoms with E-state index < -0.39 is 6.10 Å². The lowest BCUT2D eigenvalue weighted by Gasteiger charge is -2.35. The van der Waals surface area contributed by atoms with Gasteiger partial charge < -0.3 is 20.6 Å². The molecule has 24 heavy (non-hydrogen) atoms. The lowest BCUT2D eigenvalue weighted by molar-refractivity contribution is -0.148. The summed E-state index contributed by atoms with van der Waals surface area (Å²) >= 11 is 0. The molecule has 6 nitrogen and oxygen atoms in total. The molecule has 0 bridgehead atoms. The first-order valence-corrected chi connectivity index (χ1v) is 8.19. The number of aliphatic hydroxyl groups is 1. The average Bonchev–Trinajstić information content (AvgIpc) is 2.90. The van der Waals surface area contributed by atoms with Gasteiger partial charge in [-0.05, 0) is 18.9 Å². The van der Waals surface area contributed by atoms with Crippen LogP contribution in [0.25, 0.3) is 0 Å². The minimum Gasteiger partial charge on any atom is -0.391 e. The van der Waals surface area contributed by atoms with Crippen molar-refractivity contribution in [3.05, 3.63) is 35.6 Å². The summed E-state index contributed by atoms with van der Waals surface area (Å²) < 4.78 is 13.7. The van der Waals surface area contributed by atoms with Gasteiger partial charge in [0.05, 0.1) is 12.6 Å². The highest BCUT2D eigenvalue weighted by atomic mass is 19.1. The van der Waals surface area contributed by atoms with E-state index in [1.54, 1.807) is 23.1 Å². The number of nitrogens with zero attached hydrogens (tertiary/aromatic N) is 2. The zero-order valence-electron chi connectivity index (χ0n) is 13.4. The van der Waals surface area contributed by atoms with E-state index in [2.05, 4.69) is 0 Å². The Morgan fingerprint density at radius 3 is 2.67 bits per heavy atom. The van der Waals surface area contributed by atoms with Crippen LogP contribution >= 0.6 is 0 Å². The van der Waals surface area contributed by atoms with Crippen molar-refractivity contribution < 1.29 is 19.1 Å². The summed E-state index contributed by atoms with van der Waals surface area (Å²) in [5.74, 6) is -0.972. The number of hydrogen-bond donors (Lipinski definition) is 2. The molecule has 1 aliphatic carbocycles. The fourth-order valence-electron chi connectivity index (χ4n) is 3.40. The third kappa shape index (κ3) is 3.42. The molecule has 2 fully saturated rings. The van der Waals surface area contributed by atoms with Gasteiger partial charge in [-0.1, -0.05) is 18.2 Å². The molecule has 1 aromatic carbocycles. The molecule has 3 N–H and O–H groups in total. The number of piperazine rings is 1. The van der Waals surface area contributed by atoms with Gasteiger partial charge in [0.25, 0.3) is 0 Å². The maximum absolute atomic E-state index is 13.7. The Hall–Kier alpha value is -1.99. The Morgan fingerprint density at radius 1 is 1.29 bits per heavy atom. The molecular weight excluding hydrogens is 313 g/mol. The fourth-order valence-corrected chi connectivity index (χ4v) is 3.40. The Balaban J connectivity index is 1.58. The molecule has 0 spiro atoms. The first-order valence-electron chi connectivity index (χ1n) is 8.19. The van der Waals surface area contributed by atoms with Crippen LogP contribution in [0.1, 0.15) is 18.4 Å². The summed E-state index contributed by atoms with van der Waals surface area (Å²) in [6.45, 7) is 0.997. The second kappa shape index (κ2) is 6.86. The standard InChI is InChI=1S/C17H22FN3O3/c18-13-4-2-1-3-11(13)9-20-5-6-21(10-16(20)23)17(24)12-7-14(19)15(22)8-12/h1-4,12,14-15,22H,5-10,19H2/t12-,14+,15+/m0/s1. The average molecular weight is 335 g/mol. The van der Waals surface area contributed by atoms with E-state index in [9.17, 15) is 19.1 Å². The summed E-state index contributed by atoms with van der Waals surface area (Å²) in [5, 5.41) is 9.69. The molecule has 1 saturated carbocycles. The number of amides is 2. The van der Waals surface area contributed by atoms with Crippen molar-refractivity contribution in [2.24, 2.45) is 11.7 Å². The summed E-state index contributed by atoms with van der Waals surface area (Å²) in [5.41, 5.74) is 6.22. The SMILES string of the molecule is N[C@@H]1C[C@H](C(=O)N2CCN(Cc3ccccc3F)C(=O)C2)C[C@H]1O. The number of hydrogen-bond acceptors (Lipinski definition) is 4. The molecule has 1 aromatic rings. The Kier molecular flexibility index (Phi) is 4.82. The zero-order chi connectivity index (χ0) is 17.3. The molecule has 0 aromatic heterocycles. The van der Waals surface area contributed by atoms with Gasteiger partial charge >= 0.3 is 0 Å². The van der Waals surface area contributed by atoms with Crippen LogP contribution in [0.5, 0.6) is 0 Å². The molecule has 1 heterocycles. The third-order valence-electron chi connectivity index (χ3n) is 4.88. The molecule has 3 atom stereocenters. The number of benzene rings is 1. The summed E-state index contributed by atoms with van der Waals surface area (Å²) in [4.78, 5) is 27.9. The number of nitrogens with two attached hydrogens (primary N) is 1. The van der Waals surface area contributed by atoms with Gasteiger partial charge in [-0.15, -0.1) is 0 Å². The van der Waals surface area contributed by atoms with Crippen molar-refractivity contribution in [2.45, 2.75) is 31.5 Å². The minimum atomic E-state index is -0.656. The zero-order valence-corrected chi connectivity index (χ0v) is 13.4. The number of carbonyl (C=O) groups excluding carboxylic acids is 2. The minimum absolute atomic E-state index is 0.00484. The van der Waals surface area contributed by atoms with E-state index in [0.717, 1.165) is 0 Å². The van der Waals surface area contributed by atoms with Crippen molar-refractivity contribution in [3.8, 4) is 0 Å². The van der Waals surface area contributed by atoms with Gasteiger partial charge in [0.15, 0.2) is 0 Å². The predicted octanol–water partition coefficient (Wildman–Crippen LogP) is 0.0947. The Bertz CT molecular complexity index is 629. The first kappa shape index (κ1) is 16.9. The van der Waals surface area contributed by atoms with Crippen LogP contribution in [0, 0.1) is 11.7 Å². The number of aliphatic hydroxyl groups excluding tert-OH is 1. The lowest BCUT2D eigenvalue weighted by atomic mass is 10.1. The fraction of sp³-hybridized carbons (Fsp3) is 0.529. The van der Waals surface area contributed by atoms with E-state index in [4.69, 9.17) is 5.73 Å². The van der Waals surface area contributed by atoms with Gasteiger partial charge in [0.1, 0.15) is 5.82 Å². The van der Waals surface area contributed by atoms with Gasteiger partial charge in [-0.3, -0.25) is 9.59 Å². The topological polar surface area (TPSA) is 86.9 Å². The highest BCUT2D eigenvalue weighted by Crippen LogP contribution is 2.27. The Labute approximate surface area is 140 Å².